The molecule has 2 aromatic rings. The molecule has 0 saturated carbocycles. The normalized spacial score (nSPS) is 11.6. The van der Waals surface area contributed by atoms with Crippen LogP contribution in [0.25, 0.3) is 0 Å². The molecule has 2 rings (SSSR count). The van der Waals surface area contributed by atoms with Gasteiger partial charge in [0.2, 0.25) is 0 Å². The summed E-state index contributed by atoms with van der Waals surface area (Å²) in [6.07, 6.45) is 2.32. The highest BCUT2D eigenvalue weighted by molar-refractivity contribution is 9.10. The Morgan fingerprint density at radius 3 is 2.62 bits per heavy atom. The van der Waals surface area contributed by atoms with Crippen molar-refractivity contribution in [2.45, 2.75) is 19.4 Å². The quantitative estimate of drug-likeness (QED) is 0.736. The molecule has 1 amide bonds. The summed E-state index contributed by atoms with van der Waals surface area (Å²) < 4.78 is 5.98. The van der Waals surface area contributed by atoms with E-state index in [-0.39, 0.29) is 29.9 Å². The van der Waals surface area contributed by atoms with Crippen LogP contribution in [0.1, 0.15) is 35.3 Å². The van der Waals surface area contributed by atoms with E-state index in [1.54, 1.807) is 12.3 Å². The predicted molar refractivity (Wildman–Crippen MR) is 93.0 cm³/mol. The molecule has 0 aliphatic heterocycles. The Balaban J connectivity index is 1.91. The number of aromatic nitrogens is 1. The lowest BCUT2D eigenvalue weighted by atomic mass is 10.0. The Kier molecular flexibility index (Phi) is 6.31. The summed E-state index contributed by atoms with van der Waals surface area (Å²) in [7, 11) is 0. The van der Waals surface area contributed by atoms with E-state index in [2.05, 4.69) is 26.2 Å². The molecule has 24 heavy (non-hydrogen) atoms. The van der Waals surface area contributed by atoms with Gasteiger partial charge >= 0.3 is 5.97 Å². The smallest absolute Gasteiger partial charge is 0.347 e. The van der Waals surface area contributed by atoms with Crippen LogP contribution in [0.3, 0.4) is 0 Å². The van der Waals surface area contributed by atoms with Crippen LogP contribution < -0.4 is 16.0 Å². The number of nitrogens with one attached hydrogen (secondary N) is 2. The number of carbonyl (C=O) groups excluding carboxylic acids is 2. The number of ether oxygens (including phenoxy) is 1. The zero-order valence-corrected chi connectivity index (χ0v) is 14.8. The van der Waals surface area contributed by atoms with Gasteiger partial charge in [0.1, 0.15) is 5.56 Å². The Hall–Kier alpha value is -2.41. The number of anilines is 1. The van der Waals surface area contributed by atoms with E-state index in [9.17, 15) is 9.59 Å². The lowest BCUT2D eigenvalue weighted by molar-refractivity contribution is -0.360. The number of benzene rings is 1. The number of H-pyrrole nitrogens is 1. The number of esters is 1. The first-order valence-corrected chi connectivity index (χ1v) is 8.28. The number of rotatable bonds is 6. The fraction of sp³-hybridized carbons (Fsp3) is 0.235. The standard InChI is InChI=1S/C17H18BrN3O3/c1-2-14(11-5-7-12(18)8-6-11)21-15(22)10-24-17(23)13-4-3-9-20-16(13)19/h3-9,14H,2,10H2,1H3,(H2,19,20)(H,21,22)/p+1/t14-/m1/s1. The molecule has 126 valence electrons. The molecule has 7 heteroatoms. The third-order valence-electron chi connectivity index (χ3n) is 3.46. The fourth-order valence-electron chi connectivity index (χ4n) is 2.19. The van der Waals surface area contributed by atoms with Crippen molar-refractivity contribution in [1.29, 1.82) is 0 Å². The number of halogens is 1. The van der Waals surface area contributed by atoms with Crippen LogP contribution in [0.2, 0.25) is 0 Å². The van der Waals surface area contributed by atoms with Gasteiger partial charge in [-0.05, 0) is 36.2 Å². The monoisotopic (exact) mass is 392 g/mol. The lowest BCUT2D eigenvalue weighted by Gasteiger charge is -2.17. The van der Waals surface area contributed by atoms with E-state index in [1.165, 1.54) is 6.07 Å². The molecule has 1 aromatic heterocycles. The predicted octanol–water partition coefficient (Wildman–Crippen LogP) is 2.27. The van der Waals surface area contributed by atoms with Crippen molar-refractivity contribution in [3.63, 3.8) is 0 Å². The maximum atomic E-state index is 12.0. The number of aromatic amines is 1. The zero-order chi connectivity index (χ0) is 17.5. The summed E-state index contributed by atoms with van der Waals surface area (Å²) in [6, 6.07) is 10.7. The molecule has 0 radical (unpaired) electrons. The molecule has 0 saturated heterocycles. The van der Waals surface area contributed by atoms with E-state index in [1.807, 2.05) is 31.2 Å². The molecule has 0 fully saturated rings. The first-order chi connectivity index (χ1) is 11.5. The number of pyridine rings is 1. The number of hydrogen-bond donors (Lipinski definition) is 2. The topological polar surface area (TPSA) is 95.6 Å². The fourth-order valence-corrected chi connectivity index (χ4v) is 2.45. The van der Waals surface area contributed by atoms with Crippen molar-refractivity contribution in [3.05, 3.63) is 58.2 Å². The summed E-state index contributed by atoms with van der Waals surface area (Å²) in [4.78, 5) is 26.7. The van der Waals surface area contributed by atoms with Gasteiger partial charge in [-0.3, -0.25) is 10.5 Å². The number of amides is 1. The van der Waals surface area contributed by atoms with Crippen molar-refractivity contribution in [3.8, 4) is 0 Å². The summed E-state index contributed by atoms with van der Waals surface area (Å²) in [5.74, 6) is -0.808. The molecule has 1 heterocycles. The first-order valence-electron chi connectivity index (χ1n) is 7.49. The van der Waals surface area contributed by atoms with E-state index in [0.29, 0.717) is 0 Å². The molecule has 0 bridgehead atoms. The van der Waals surface area contributed by atoms with Gasteiger partial charge in [0, 0.05) is 4.47 Å². The number of nitrogen functional groups attached to an aromatic ring is 1. The van der Waals surface area contributed by atoms with Gasteiger partial charge < -0.3 is 10.1 Å². The van der Waals surface area contributed by atoms with Crippen LogP contribution in [-0.4, -0.2) is 18.5 Å². The average molecular weight is 393 g/mol. The van der Waals surface area contributed by atoms with Crippen LogP contribution in [0.15, 0.2) is 47.1 Å². The minimum absolute atomic E-state index is 0.139. The van der Waals surface area contributed by atoms with Crippen molar-refractivity contribution < 1.29 is 19.3 Å². The zero-order valence-electron chi connectivity index (χ0n) is 13.2. The van der Waals surface area contributed by atoms with Crippen molar-refractivity contribution in [1.82, 2.24) is 5.32 Å². The second-order valence-corrected chi connectivity index (χ2v) is 6.07. The Bertz CT molecular complexity index is 719. The third kappa shape index (κ3) is 4.79. The molecule has 6 nitrogen and oxygen atoms in total. The highest BCUT2D eigenvalue weighted by atomic mass is 79.9. The van der Waals surface area contributed by atoms with E-state index >= 15 is 0 Å². The number of carbonyl (C=O) groups is 2. The summed E-state index contributed by atoms with van der Waals surface area (Å²) in [6.45, 7) is 1.61. The van der Waals surface area contributed by atoms with Gasteiger partial charge in [-0.15, -0.1) is 0 Å². The highest BCUT2D eigenvalue weighted by Gasteiger charge is 2.18. The Morgan fingerprint density at radius 1 is 1.29 bits per heavy atom. The summed E-state index contributed by atoms with van der Waals surface area (Å²) in [5, 5.41) is 2.85. The molecule has 1 aromatic carbocycles. The minimum Gasteiger partial charge on any atom is -0.452 e. The van der Waals surface area contributed by atoms with Gasteiger partial charge in [-0.25, -0.2) is 9.78 Å². The molecular weight excluding hydrogens is 374 g/mol. The molecule has 0 spiro atoms. The average Bonchev–Trinajstić information content (AvgIpc) is 2.59. The van der Waals surface area contributed by atoms with E-state index in [4.69, 9.17) is 10.5 Å². The van der Waals surface area contributed by atoms with Crippen molar-refractivity contribution in [2.75, 3.05) is 12.3 Å². The van der Waals surface area contributed by atoms with Gasteiger partial charge in [0.25, 0.3) is 11.7 Å². The van der Waals surface area contributed by atoms with Gasteiger partial charge in [0.05, 0.1) is 12.2 Å². The van der Waals surface area contributed by atoms with Crippen molar-refractivity contribution in [2.24, 2.45) is 0 Å². The largest absolute Gasteiger partial charge is 0.452 e. The van der Waals surface area contributed by atoms with Crippen LogP contribution >= 0.6 is 15.9 Å². The number of nitrogens with two attached hydrogens (primary N) is 1. The summed E-state index contributed by atoms with van der Waals surface area (Å²) >= 11 is 3.38. The van der Waals surface area contributed by atoms with Crippen LogP contribution in [-0.2, 0) is 9.53 Å². The molecule has 0 aliphatic rings. The second-order valence-electron chi connectivity index (χ2n) is 5.15. The lowest BCUT2D eigenvalue weighted by Crippen LogP contribution is -2.32. The molecule has 0 aliphatic carbocycles. The first kappa shape index (κ1) is 17.9. The van der Waals surface area contributed by atoms with Gasteiger partial charge in [-0.1, -0.05) is 35.0 Å². The minimum atomic E-state index is -0.642. The van der Waals surface area contributed by atoms with Gasteiger partial charge in [0.15, 0.2) is 6.61 Å². The van der Waals surface area contributed by atoms with Crippen LogP contribution in [0, 0.1) is 0 Å². The molecule has 0 unspecified atom stereocenters. The summed E-state index contributed by atoms with van der Waals surface area (Å²) in [5.41, 5.74) is 6.85. The third-order valence-corrected chi connectivity index (χ3v) is 3.99. The van der Waals surface area contributed by atoms with Crippen LogP contribution in [0.5, 0.6) is 0 Å². The maximum Gasteiger partial charge on any atom is 0.347 e. The van der Waals surface area contributed by atoms with Gasteiger partial charge in [-0.2, -0.15) is 0 Å². The van der Waals surface area contributed by atoms with E-state index < -0.39 is 5.97 Å². The SMILES string of the molecule is CC[C@@H](NC(=O)COC(=O)c1ccc[nH+]c1N)c1ccc(Br)cc1. The number of hydrogen-bond acceptors (Lipinski definition) is 4. The Morgan fingerprint density at radius 2 is 2.00 bits per heavy atom. The second kappa shape index (κ2) is 8.44. The van der Waals surface area contributed by atoms with Crippen LogP contribution in [0.4, 0.5) is 5.82 Å². The molecular formula is C17H19BrN3O3+. The van der Waals surface area contributed by atoms with E-state index in [0.717, 1.165) is 16.5 Å². The van der Waals surface area contributed by atoms with Crippen molar-refractivity contribution >= 4 is 33.6 Å². The maximum absolute atomic E-state index is 12.0. The highest BCUT2D eigenvalue weighted by Crippen LogP contribution is 2.19. The molecule has 1 atom stereocenters. The molecule has 4 N–H and O–H groups in total. The Labute approximate surface area is 148 Å².